The number of hydrogen-bond donors (Lipinski definition) is 1. The molecule has 5 heteroatoms. The van der Waals surface area contributed by atoms with Crippen LogP contribution in [0.4, 0.5) is 0 Å². The maximum Gasteiger partial charge on any atom is 0.169 e. The first-order valence-electron chi connectivity index (χ1n) is 7.57. The highest BCUT2D eigenvalue weighted by molar-refractivity contribution is 5.85. The van der Waals surface area contributed by atoms with E-state index < -0.39 is 0 Å². The fourth-order valence-electron chi connectivity index (χ4n) is 2.58. The lowest BCUT2D eigenvalue weighted by Crippen LogP contribution is -2.39. The van der Waals surface area contributed by atoms with E-state index in [1.807, 2.05) is 36.4 Å². The van der Waals surface area contributed by atoms with Gasteiger partial charge in [0.25, 0.3) is 0 Å². The monoisotopic (exact) mass is 335 g/mol. The summed E-state index contributed by atoms with van der Waals surface area (Å²) in [6, 6.07) is 15.8. The molecule has 0 saturated carbocycles. The Kier molecular flexibility index (Phi) is 6.71. The van der Waals surface area contributed by atoms with E-state index in [-0.39, 0.29) is 18.5 Å². The lowest BCUT2D eigenvalue weighted by molar-refractivity contribution is 0.0292. The van der Waals surface area contributed by atoms with Gasteiger partial charge in [-0.2, -0.15) is 0 Å². The van der Waals surface area contributed by atoms with Crippen molar-refractivity contribution in [1.29, 1.82) is 0 Å². The number of nitrogens with one attached hydrogen (secondary N) is 1. The van der Waals surface area contributed by atoms with Crippen LogP contribution >= 0.6 is 12.4 Å². The van der Waals surface area contributed by atoms with Gasteiger partial charge in [0.05, 0.1) is 19.8 Å². The molecule has 0 aliphatic carbocycles. The summed E-state index contributed by atoms with van der Waals surface area (Å²) in [7, 11) is 1.64. The van der Waals surface area contributed by atoms with Gasteiger partial charge in [0.15, 0.2) is 11.5 Å². The Bertz CT molecular complexity index is 615. The molecule has 1 heterocycles. The van der Waals surface area contributed by atoms with Crippen molar-refractivity contribution in [3.05, 3.63) is 54.1 Å². The number of methoxy groups -OCH3 is 1. The van der Waals surface area contributed by atoms with E-state index in [1.54, 1.807) is 7.11 Å². The van der Waals surface area contributed by atoms with Crippen LogP contribution in [-0.4, -0.2) is 32.9 Å². The first-order chi connectivity index (χ1) is 10.8. The van der Waals surface area contributed by atoms with Crippen molar-refractivity contribution in [2.45, 2.75) is 12.5 Å². The summed E-state index contributed by atoms with van der Waals surface area (Å²) in [5.41, 5.74) is 1.21. The predicted octanol–water partition coefficient (Wildman–Crippen LogP) is 3.44. The number of benzene rings is 2. The van der Waals surface area contributed by atoms with Gasteiger partial charge >= 0.3 is 0 Å². The van der Waals surface area contributed by atoms with Gasteiger partial charge in [-0.15, -0.1) is 12.4 Å². The molecule has 1 N–H and O–H groups in total. The van der Waals surface area contributed by atoms with Crippen molar-refractivity contribution < 1.29 is 14.2 Å². The minimum absolute atomic E-state index is 0. The van der Waals surface area contributed by atoms with Gasteiger partial charge < -0.3 is 19.5 Å². The van der Waals surface area contributed by atoms with Gasteiger partial charge in [0.2, 0.25) is 0 Å². The minimum atomic E-state index is 0. The molecule has 2 aromatic carbocycles. The molecule has 1 unspecified atom stereocenters. The second kappa shape index (κ2) is 8.77. The highest BCUT2D eigenvalue weighted by Gasteiger charge is 2.14. The number of hydrogen-bond acceptors (Lipinski definition) is 4. The van der Waals surface area contributed by atoms with Crippen LogP contribution in [0.1, 0.15) is 5.56 Å². The van der Waals surface area contributed by atoms with E-state index in [2.05, 4.69) is 17.4 Å². The number of rotatable bonds is 5. The summed E-state index contributed by atoms with van der Waals surface area (Å²) in [6.07, 6.45) is 1.12. The summed E-state index contributed by atoms with van der Waals surface area (Å²) in [5.74, 6) is 2.26. The van der Waals surface area contributed by atoms with Crippen molar-refractivity contribution >= 4 is 12.4 Å². The first-order valence-corrected chi connectivity index (χ1v) is 7.57. The van der Waals surface area contributed by atoms with Crippen LogP contribution in [0.15, 0.2) is 48.5 Å². The van der Waals surface area contributed by atoms with E-state index in [0.29, 0.717) is 0 Å². The molecular weight excluding hydrogens is 314 g/mol. The fraction of sp³-hybridized carbons (Fsp3) is 0.333. The molecule has 1 saturated heterocycles. The molecule has 124 valence electrons. The van der Waals surface area contributed by atoms with E-state index >= 15 is 0 Å². The van der Waals surface area contributed by atoms with E-state index in [4.69, 9.17) is 14.2 Å². The summed E-state index contributed by atoms with van der Waals surface area (Å²) in [6.45, 7) is 2.62. The van der Waals surface area contributed by atoms with Gasteiger partial charge in [-0.3, -0.25) is 0 Å². The van der Waals surface area contributed by atoms with Crippen LogP contribution < -0.4 is 14.8 Å². The average Bonchev–Trinajstić information content (AvgIpc) is 2.57. The molecule has 1 aliphatic heterocycles. The molecule has 0 spiro atoms. The minimum Gasteiger partial charge on any atom is -0.493 e. The Hall–Kier alpha value is -1.75. The molecule has 1 fully saturated rings. The Labute approximate surface area is 143 Å². The van der Waals surface area contributed by atoms with Crippen LogP contribution in [0.2, 0.25) is 0 Å². The van der Waals surface area contributed by atoms with E-state index in [1.165, 1.54) is 5.56 Å². The highest BCUT2D eigenvalue weighted by atomic mass is 35.5. The first kappa shape index (κ1) is 17.6. The second-order valence-corrected chi connectivity index (χ2v) is 5.30. The third-order valence-corrected chi connectivity index (χ3v) is 3.66. The van der Waals surface area contributed by atoms with Crippen molar-refractivity contribution in [3.63, 3.8) is 0 Å². The highest BCUT2D eigenvalue weighted by Crippen LogP contribution is 2.31. The standard InChI is InChI=1S/C18H21NO3.ClH/c1-20-17-7-2-3-8-18(17)22-15-6-4-5-14(11-15)12-16-13-19-9-10-21-16;/h2-8,11,16,19H,9-10,12-13H2,1H3;1H. The molecule has 23 heavy (non-hydrogen) atoms. The number of ether oxygens (including phenoxy) is 3. The Morgan fingerprint density at radius 2 is 1.96 bits per heavy atom. The van der Waals surface area contributed by atoms with E-state index in [0.717, 1.165) is 43.4 Å². The normalized spacial score (nSPS) is 17.2. The zero-order valence-electron chi connectivity index (χ0n) is 13.2. The molecule has 2 aromatic rings. The van der Waals surface area contributed by atoms with Crippen molar-refractivity contribution in [2.75, 3.05) is 26.8 Å². The molecule has 0 radical (unpaired) electrons. The van der Waals surface area contributed by atoms with Crippen LogP contribution in [-0.2, 0) is 11.2 Å². The SMILES string of the molecule is COc1ccccc1Oc1cccc(CC2CNCCO2)c1.Cl. The summed E-state index contributed by atoms with van der Waals surface area (Å²) >= 11 is 0. The quantitative estimate of drug-likeness (QED) is 0.908. The van der Waals surface area contributed by atoms with Crippen LogP contribution in [0, 0.1) is 0 Å². The molecule has 0 aromatic heterocycles. The van der Waals surface area contributed by atoms with Crippen LogP contribution in [0.3, 0.4) is 0 Å². The summed E-state index contributed by atoms with van der Waals surface area (Å²) < 4.78 is 17.0. The van der Waals surface area contributed by atoms with Crippen molar-refractivity contribution in [3.8, 4) is 17.2 Å². The molecule has 1 atom stereocenters. The van der Waals surface area contributed by atoms with Crippen LogP contribution in [0.25, 0.3) is 0 Å². The number of para-hydroxylation sites is 2. The average molecular weight is 336 g/mol. The third-order valence-electron chi connectivity index (χ3n) is 3.66. The summed E-state index contributed by atoms with van der Waals surface area (Å²) in [5, 5.41) is 3.35. The third kappa shape index (κ3) is 4.86. The smallest absolute Gasteiger partial charge is 0.169 e. The Morgan fingerprint density at radius 3 is 2.70 bits per heavy atom. The summed E-state index contributed by atoms with van der Waals surface area (Å²) in [4.78, 5) is 0. The largest absolute Gasteiger partial charge is 0.493 e. The Morgan fingerprint density at radius 1 is 1.13 bits per heavy atom. The number of morpholine rings is 1. The van der Waals surface area contributed by atoms with Gasteiger partial charge in [-0.1, -0.05) is 24.3 Å². The second-order valence-electron chi connectivity index (χ2n) is 5.30. The van der Waals surface area contributed by atoms with Crippen molar-refractivity contribution in [2.24, 2.45) is 0 Å². The zero-order valence-corrected chi connectivity index (χ0v) is 14.0. The molecular formula is C18H22ClNO3. The molecule has 4 nitrogen and oxygen atoms in total. The van der Waals surface area contributed by atoms with Gasteiger partial charge in [-0.05, 0) is 29.8 Å². The van der Waals surface area contributed by atoms with Crippen molar-refractivity contribution in [1.82, 2.24) is 5.32 Å². The maximum absolute atomic E-state index is 5.95. The van der Waals surface area contributed by atoms with Gasteiger partial charge in [-0.25, -0.2) is 0 Å². The molecule has 0 bridgehead atoms. The number of halogens is 1. The van der Waals surface area contributed by atoms with Crippen LogP contribution in [0.5, 0.6) is 17.2 Å². The van der Waals surface area contributed by atoms with E-state index in [9.17, 15) is 0 Å². The molecule has 1 aliphatic rings. The Balaban J connectivity index is 0.00000192. The zero-order chi connectivity index (χ0) is 15.2. The van der Waals surface area contributed by atoms with Gasteiger partial charge in [0, 0.05) is 19.5 Å². The fourth-order valence-corrected chi connectivity index (χ4v) is 2.58. The topological polar surface area (TPSA) is 39.7 Å². The lowest BCUT2D eigenvalue weighted by Gasteiger charge is -2.23. The van der Waals surface area contributed by atoms with Gasteiger partial charge in [0.1, 0.15) is 5.75 Å². The lowest BCUT2D eigenvalue weighted by atomic mass is 10.1. The molecule has 0 amide bonds. The maximum atomic E-state index is 5.95. The predicted molar refractivity (Wildman–Crippen MR) is 93.1 cm³/mol. The molecule has 3 rings (SSSR count).